The van der Waals surface area contributed by atoms with E-state index in [9.17, 15) is 4.79 Å². The van der Waals surface area contributed by atoms with E-state index in [4.69, 9.17) is 4.98 Å². The topological polar surface area (TPSA) is 61.0 Å². The van der Waals surface area contributed by atoms with E-state index < -0.39 is 0 Å². The average molecular weight is 419 g/mol. The van der Waals surface area contributed by atoms with E-state index in [1.807, 2.05) is 18.2 Å². The van der Waals surface area contributed by atoms with Crippen LogP contribution in [0.15, 0.2) is 53.7 Å². The Morgan fingerprint density at radius 3 is 2.53 bits per heavy atom. The van der Waals surface area contributed by atoms with Crippen LogP contribution < -0.4 is 5.32 Å². The van der Waals surface area contributed by atoms with E-state index in [-0.39, 0.29) is 11.9 Å². The van der Waals surface area contributed by atoms with Crippen LogP contribution in [0, 0.1) is 0 Å². The van der Waals surface area contributed by atoms with Gasteiger partial charge in [-0.25, -0.2) is 4.98 Å². The van der Waals surface area contributed by atoms with Gasteiger partial charge in [0.1, 0.15) is 0 Å². The fourth-order valence-corrected chi connectivity index (χ4v) is 6.17. The molecule has 3 aromatic rings. The lowest BCUT2D eigenvalue weighted by molar-refractivity contribution is -0.126. The molecule has 2 aromatic carbocycles. The molecule has 6 rings (SSSR count). The molecule has 1 amide bonds. The molecule has 5 nitrogen and oxygen atoms in total. The number of benzene rings is 2. The number of likely N-dealkylation sites (tertiary alicyclic amines) is 1. The van der Waals surface area contributed by atoms with Gasteiger partial charge in [0.05, 0.1) is 17.1 Å². The molecule has 2 aliphatic carbocycles. The Morgan fingerprint density at radius 1 is 1.07 bits per heavy atom. The monoisotopic (exact) mass is 418 g/mol. The minimum Gasteiger partial charge on any atom is -0.352 e. The molecule has 2 atom stereocenters. The summed E-state index contributed by atoms with van der Waals surface area (Å²) in [5.41, 5.74) is 4.96. The van der Waals surface area contributed by atoms with Crippen molar-refractivity contribution in [1.29, 1.82) is 0 Å². The Kier molecular flexibility index (Phi) is 4.57. The van der Waals surface area contributed by atoms with Gasteiger partial charge in [0.15, 0.2) is 5.16 Å². The average Bonchev–Trinajstić information content (AvgIpc) is 3.17. The van der Waals surface area contributed by atoms with Gasteiger partial charge < -0.3 is 10.3 Å². The number of H-pyrrole nitrogens is 1. The largest absolute Gasteiger partial charge is 0.352 e. The van der Waals surface area contributed by atoms with Crippen molar-refractivity contribution in [2.75, 3.05) is 6.54 Å². The molecule has 1 saturated heterocycles. The summed E-state index contributed by atoms with van der Waals surface area (Å²) in [5, 5.41) is 4.59. The number of thioether (sulfide) groups is 1. The summed E-state index contributed by atoms with van der Waals surface area (Å²) in [4.78, 5) is 23.8. The van der Waals surface area contributed by atoms with Crippen LogP contribution in [0.25, 0.3) is 11.0 Å². The van der Waals surface area contributed by atoms with Crippen LogP contribution in [0.1, 0.15) is 30.4 Å². The smallest absolute Gasteiger partial charge is 0.237 e. The van der Waals surface area contributed by atoms with Crippen molar-refractivity contribution in [1.82, 2.24) is 20.2 Å². The third-order valence-electron chi connectivity index (χ3n) is 6.67. The Bertz CT molecular complexity index is 1030. The number of imidazole rings is 1. The van der Waals surface area contributed by atoms with Crippen LogP contribution in [-0.4, -0.2) is 50.7 Å². The molecule has 30 heavy (non-hydrogen) atoms. The molecule has 154 valence electrons. The summed E-state index contributed by atoms with van der Waals surface area (Å²) < 4.78 is 0. The summed E-state index contributed by atoms with van der Waals surface area (Å²) in [6.45, 7) is 0.934. The molecule has 0 bridgehead atoms. The van der Waals surface area contributed by atoms with Crippen LogP contribution in [0.3, 0.4) is 0 Å². The molecule has 1 aliphatic heterocycles. The van der Waals surface area contributed by atoms with Gasteiger partial charge in [-0.15, -0.1) is 0 Å². The molecule has 2 heterocycles. The third-order valence-corrected chi connectivity index (χ3v) is 7.76. The van der Waals surface area contributed by atoms with E-state index in [1.54, 1.807) is 11.8 Å². The molecule has 0 spiro atoms. The van der Waals surface area contributed by atoms with Gasteiger partial charge in [-0.1, -0.05) is 48.2 Å². The highest BCUT2D eigenvalue weighted by Crippen LogP contribution is 2.37. The van der Waals surface area contributed by atoms with Crippen molar-refractivity contribution in [2.24, 2.45) is 0 Å². The summed E-state index contributed by atoms with van der Waals surface area (Å²) in [7, 11) is 0. The maximum absolute atomic E-state index is 13.1. The standard InChI is InChI=1S/C24H26N4OS/c29-23(25-17-9-10-17)22-13-19(30-24-26-20-7-3-4-8-21(20)27-24)14-28(22)18-11-15-5-1-2-6-16(15)12-18/h1-8,17-19,22H,9-14H2,(H,25,29)(H,26,27)/t19-,22+/m1/s1. The first-order valence-corrected chi connectivity index (χ1v) is 11.9. The Morgan fingerprint density at radius 2 is 1.80 bits per heavy atom. The summed E-state index contributed by atoms with van der Waals surface area (Å²) in [6.07, 6.45) is 5.24. The van der Waals surface area contributed by atoms with E-state index in [2.05, 4.69) is 45.5 Å². The number of hydrogen-bond donors (Lipinski definition) is 2. The number of aromatic nitrogens is 2. The highest BCUT2D eigenvalue weighted by Gasteiger charge is 2.43. The van der Waals surface area contributed by atoms with E-state index in [1.165, 1.54) is 11.1 Å². The molecule has 1 saturated carbocycles. The zero-order chi connectivity index (χ0) is 20.1. The lowest BCUT2D eigenvalue weighted by Gasteiger charge is -2.29. The first-order valence-electron chi connectivity index (χ1n) is 11.0. The molecule has 2 fully saturated rings. The van der Waals surface area contributed by atoms with Gasteiger partial charge in [-0.05, 0) is 55.4 Å². The second-order valence-corrected chi connectivity index (χ2v) is 10.1. The maximum Gasteiger partial charge on any atom is 0.237 e. The van der Waals surface area contributed by atoms with E-state index in [0.29, 0.717) is 17.3 Å². The minimum atomic E-state index is -0.0354. The van der Waals surface area contributed by atoms with Crippen molar-refractivity contribution < 1.29 is 4.79 Å². The van der Waals surface area contributed by atoms with Gasteiger partial charge in [-0.2, -0.15) is 0 Å². The third kappa shape index (κ3) is 3.52. The normalized spacial score (nSPS) is 24.4. The lowest BCUT2D eigenvalue weighted by atomic mass is 10.1. The van der Waals surface area contributed by atoms with Crippen molar-refractivity contribution in [3.63, 3.8) is 0 Å². The Labute approximate surface area is 180 Å². The maximum atomic E-state index is 13.1. The van der Waals surface area contributed by atoms with Crippen LogP contribution in [-0.2, 0) is 17.6 Å². The number of rotatable bonds is 5. The van der Waals surface area contributed by atoms with Gasteiger partial charge >= 0.3 is 0 Å². The SMILES string of the molecule is O=C(NC1CC1)[C@@H]1C[C@@H](Sc2nc3ccccc3[nH]2)CN1C1Cc2ccccc2C1. The predicted octanol–water partition coefficient (Wildman–Crippen LogP) is 3.54. The van der Waals surface area contributed by atoms with Gasteiger partial charge in [-0.3, -0.25) is 9.69 Å². The summed E-state index contributed by atoms with van der Waals surface area (Å²) >= 11 is 1.79. The summed E-state index contributed by atoms with van der Waals surface area (Å²) in [6, 6.07) is 17.7. The fourth-order valence-electron chi connectivity index (χ4n) is 5.01. The number of amides is 1. The number of fused-ring (bicyclic) bond motifs is 2. The first-order chi connectivity index (χ1) is 14.7. The van der Waals surface area contributed by atoms with E-state index >= 15 is 0 Å². The van der Waals surface area contributed by atoms with Gasteiger partial charge in [0.25, 0.3) is 0 Å². The predicted molar refractivity (Wildman–Crippen MR) is 120 cm³/mol. The number of nitrogens with zero attached hydrogens (tertiary/aromatic N) is 2. The quantitative estimate of drug-likeness (QED) is 0.665. The molecule has 3 aliphatic rings. The van der Waals surface area contributed by atoms with Crippen LogP contribution in [0.4, 0.5) is 0 Å². The fraction of sp³-hybridized carbons (Fsp3) is 0.417. The summed E-state index contributed by atoms with van der Waals surface area (Å²) in [5.74, 6) is 0.223. The molecule has 2 N–H and O–H groups in total. The van der Waals surface area contributed by atoms with Gasteiger partial charge in [0, 0.05) is 23.9 Å². The van der Waals surface area contributed by atoms with Crippen LogP contribution in [0.5, 0.6) is 0 Å². The lowest BCUT2D eigenvalue weighted by Crippen LogP contribution is -2.48. The van der Waals surface area contributed by atoms with Gasteiger partial charge in [0.2, 0.25) is 5.91 Å². The minimum absolute atomic E-state index is 0.0354. The van der Waals surface area contributed by atoms with Crippen LogP contribution in [0.2, 0.25) is 0 Å². The molecule has 6 heteroatoms. The highest BCUT2D eigenvalue weighted by atomic mass is 32.2. The number of aromatic amines is 1. The first kappa shape index (κ1) is 18.5. The van der Waals surface area contributed by atoms with Crippen molar-refractivity contribution in [2.45, 2.75) is 60.6 Å². The van der Waals surface area contributed by atoms with Crippen molar-refractivity contribution in [3.05, 3.63) is 59.7 Å². The second-order valence-electron chi connectivity index (χ2n) is 8.86. The molecule has 0 radical (unpaired) electrons. The zero-order valence-corrected chi connectivity index (χ0v) is 17.7. The second kappa shape index (κ2) is 7.43. The molecular formula is C24H26N4OS. The van der Waals surface area contributed by atoms with Crippen molar-refractivity contribution in [3.8, 4) is 0 Å². The zero-order valence-electron chi connectivity index (χ0n) is 16.9. The van der Waals surface area contributed by atoms with Crippen LogP contribution >= 0.6 is 11.8 Å². The highest BCUT2D eigenvalue weighted by molar-refractivity contribution is 7.99. The molecule has 0 unspecified atom stereocenters. The number of nitrogens with one attached hydrogen (secondary N) is 2. The van der Waals surface area contributed by atoms with Crippen molar-refractivity contribution >= 4 is 28.7 Å². The number of carbonyl (C=O) groups excluding carboxylic acids is 1. The molecular weight excluding hydrogens is 392 g/mol. The van der Waals surface area contributed by atoms with E-state index in [0.717, 1.165) is 54.8 Å². The number of para-hydroxylation sites is 2. The molecule has 1 aromatic heterocycles. The number of carbonyl (C=O) groups is 1. The Hall–Kier alpha value is -2.31. The number of hydrogen-bond acceptors (Lipinski definition) is 4. The Balaban J connectivity index is 1.22.